The highest BCUT2D eigenvalue weighted by atomic mass is 16.5. The Kier molecular flexibility index (Phi) is 10.3. The molecule has 0 saturated heterocycles. The summed E-state index contributed by atoms with van der Waals surface area (Å²) < 4.78 is 16.4. The lowest BCUT2D eigenvalue weighted by Gasteiger charge is -2.23. The van der Waals surface area contributed by atoms with Gasteiger partial charge in [0.2, 0.25) is 0 Å². The van der Waals surface area contributed by atoms with Crippen molar-refractivity contribution in [1.29, 1.82) is 0 Å². The van der Waals surface area contributed by atoms with Gasteiger partial charge in [-0.15, -0.1) is 0 Å². The van der Waals surface area contributed by atoms with Crippen LogP contribution in [-0.2, 0) is 32.4 Å². The van der Waals surface area contributed by atoms with E-state index in [0.29, 0.717) is 17.9 Å². The third kappa shape index (κ3) is 7.22. The average molecular weight is 799 g/mol. The van der Waals surface area contributed by atoms with Gasteiger partial charge in [-0.25, -0.2) is 0 Å². The first kappa shape index (κ1) is 38.2. The number of benzene rings is 7. The van der Waals surface area contributed by atoms with Crippen molar-refractivity contribution < 1.29 is 19.4 Å². The second-order valence-electron chi connectivity index (χ2n) is 16.0. The van der Waals surface area contributed by atoms with Gasteiger partial charge in [-0.2, -0.15) is 0 Å². The Labute approximate surface area is 355 Å². The summed E-state index contributed by atoms with van der Waals surface area (Å²) in [5.74, 6) is 7.81. The number of fused-ring (bicyclic) bond motifs is 7. The Morgan fingerprint density at radius 2 is 1.41 bits per heavy atom. The molecule has 3 heterocycles. The number of ether oxygens (including phenoxy) is 2. The van der Waals surface area contributed by atoms with Crippen LogP contribution in [0, 0.1) is 11.8 Å². The summed E-state index contributed by atoms with van der Waals surface area (Å²) >= 11 is 0. The highest BCUT2D eigenvalue weighted by Gasteiger charge is 2.21. The zero-order valence-electron chi connectivity index (χ0n) is 34.2. The molecule has 1 aliphatic heterocycles. The molecule has 6 nitrogen and oxygen atoms in total. The molecule has 1 unspecified atom stereocenters. The lowest BCUT2D eigenvalue weighted by Crippen LogP contribution is -2.13. The van der Waals surface area contributed by atoms with Crippen LogP contribution >= 0.6 is 0 Å². The lowest BCUT2D eigenvalue weighted by atomic mass is 9.94. The van der Waals surface area contributed by atoms with Gasteiger partial charge >= 0.3 is 0 Å². The summed E-state index contributed by atoms with van der Waals surface area (Å²) in [6.45, 7) is 2.31. The number of hydrogen-bond donors (Lipinski definition) is 1. The topological polar surface area (TPSA) is 65.6 Å². The van der Waals surface area contributed by atoms with Crippen molar-refractivity contribution in [2.45, 2.75) is 51.3 Å². The van der Waals surface area contributed by atoms with Crippen LogP contribution in [0.15, 0.2) is 146 Å². The van der Waals surface area contributed by atoms with Gasteiger partial charge in [0, 0.05) is 67.8 Å². The van der Waals surface area contributed by atoms with Crippen molar-refractivity contribution in [2.75, 3.05) is 13.7 Å². The Morgan fingerprint density at radius 3 is 2.15 bits per heavy atom. The normalized spacial score (nSPS) is 12.9. The molecule has 2 aromatic heterocycles. The number of aliphatic hydroxyl groups is 1. The molecule has 0 amide bonds. The Balaban J connectivity index is 0.890. The molecule has 1 aliphatic rings. The third-order valence-electron chi connectivity index (χ3n) is 12.3. The van der Waals surface area contributed by atoms with Crippen LogP contribution in [0.4, 0.5) is 0 Å². The van der Waals surface area contributed by atoms with Gasteiger partial charge in [-0.1, -0.05) is 103 Å². The predicted octanol–water partition coefficient (Wildman–Crippen LogP) is 11.7. The Hall–Kier alpha value is -7.07. The maximum atomic E-state index is 11.7. The fraction of sp³-hybridized carbons (Fsp3) is 0.182. The van der Waals surface area contributed by atoms with Gasteiger partial charge in [-0.05, 0) is 115 Å². The second kappa shape index (κ2) is 16.5. The molecular weight excluding hydrogens is 753 g/mol. The third-order valence-corrected chi connectivity index (χ3v) is 12.3. The first-order valence-corrected chi connectivity index (χ1v) is 21.2. The maximum Gasteiger partial charge on any atom is 0.153 e. The van der Waals surface area contributed by atoms with Gasteiger partial charge in [0.05, 0.1) is 19.3 Å². The molecule has 6 heteroatoms. The van der Waals surface area contributed by atoms with Crippen LogP contribution in [0.1, 0.15) is 57.1 Å². The van der Waals surface area contributed by atoms with Gasteiger partial charge in [0.25, 0.3) is 0 Å². The first-order chi connectivity index (χ1) is 30.1. The molecule has 0 fully saturated rings. The standard InChI is InChI=1S/C55H46N2O4/c1-60-53-28-24-38(33-42(53)36-58)29-31-57-50-19-7-4-15-46(50)54-43(16-8-20-51(54)57)40-25-21-37(22-26-40)23-27-52(59)47-35-39(34-41-12-10-32-61-55(41)47)11-9-30-56-48-17-5-2-13-44(48)45-14-3-6-18-49(45)56/h2-8,13-22,24-26,28,33-36,52,59H,9-12,29-32H2,1H3. The van der Waals surface area contributed by atoms with Crippen molar-refractivity contribution in [3.05, 3.63) is 179 Å². The highest BCUT2D eigenvalue weighted by molar-refractivity contribution is 6.15. The number of nitrogens with zero attached hydrogens (tertiary/aromatic N) is 2. The molecule has 61 heavy (non-hydrogen) atoms. The number of aldehydes is 1. The minimum Gasteiger partial charge on any atom is -0.496 e. The highest BCUT2D eigenvalue weighted by Crippen LogP contribution is 2.38. The van der Waals surface area contributed by atoms with Gasteiger partial charge in [0.15, 0.2) is 6.29 Å². The average Bonchev–Trinajstić information content (AvgIpc) is 3.82. The molecule has 0 bridgehead atoms. The van der Waals surface area contributed by atoms with Crippen LogP contribution in [-0.4, -0.2) is 34.2 Å². The van der Waals surface area contributed by atoms with Crippen LogP contribution in [0.2, 0.25) is 0 Å². The number of carbonyl (C=O) groups is 1. The number of methoxy groups -OCH3 is 1. The van der Waals surface area contributed by atoms with Crippen molar-refractivity contribution in [3.8, 4) is 34.5 Å². The molecule has 1 N–H and O–H groups in total. The first-order valence-electron chi connectivity index (χ1n) is 21.2. The van der Waals surface area contributed by atoms with E-state index in [1.54, 1.807) is 7.11 Å². The van der Waals surface area contributed by atoms with Crippen LogP contribution in [0.25, 0.3) is 54.7 Å². The van der Waals surface area contributed by atoms with E-state index in [4.69, 9.17) is 9.47 Å². The summed E-state index contributed by atoms with van der Waals surface area (Å²) in [5.41, 5.74) is 12.7. The van der Waals surface area contributed by atoms with Crippen LogP contribution in [0.5, 0.6) is 11.5 Å². The minimum absolute atomic E-state index is 0.562. The molecule has 0 saturated carbocycles. The second-order valence-corrected chi connectivity index (χ2v) is 16.0. The quantitative estimate of drug-likeness (QED) is 0.105. The minimum atomic E-state index is -0.980. The molecule has 0 spiro atoms. The molecule has 9 aromatic rings. The number of hydrogen-bond acceptors (Lipinski definition) is 4. The van der Waals surface area contributed by atoms with Gasteiger partial charge < -0.3 is 23.7 Å². The number of aryl methyl sites for hydroxylation is 5. The number of para-hydroxylation sites is 3. The zero-order valence-corrected chi connectivity index (χ0v) is 34.2. The summed E-state index contributed by atoms with van der Waals surface area (Å²) in [6.07, 6.45) is 4.39. The number of aromatic nitrogens is 2. The van der Waals surface area contributed by atoms with E-state index in [0.717, 1.165) is 96.1 Å². The Bertz CT molecular complexity index is 3110. The van der Waals surface area contributed by atoms with E-state index in [-0.39, 0.29) is 0 Å². The number of carbonyl (C=O) groups excluding carboxylic acids is 1. The van der Waals surface area contributed by atoms with E-state index in [2.05, 4.69) is 136 Å². The van der Waals surface area contributed by atoms with Crippen molar-refractivity contribution >= 4 is 49.9 Å². The summed E-state index contributed by atoms with van der Waals surface area (Å²) in [7, 11) is 1.58. The summed E-state index contributed by atoms with van der Waals surface area (Å²) in [4.78, 5) is 11.7. The maximum absolute atomic E-state index is 11.7. The molecule has 300 valence electrons. The SMILES string of the molecule is COc1ccc(CCn2c3ccccc3c3c(-c4ccc(C#CC(O)c5cc(CCCn6c7ccccc7c7ccccc76)cc6c5OCCC6)cc4)cccc32)cc1C=O. The van der Waals surface area contributed by atoms with Crippen LogP contribution < -0.4 is 9.47 Å². The van der Waals surface area contributed by atoms with Crippen LogP contribution in [0.3, 0.4) is 0 Å². The van der Waals surface area contributed by atoms with E-state index >= 15 is 0 Å². The molecule has 0 radical (unpaired) electrons. The van der Waals surface area contributed by atoms with Crippen molar-refractivity contribution in [1.82, 2.24) is 9.13 Å². The molecule has 1 atom stereocenters. The van der Waals surface area contributed by atoms with E-state index in [9.17, 15) is 9.90 Å². The monoisotopic (exact) mass is 798 g/mol. The fourth-order valence-corrected chi connectivity index (χ4v) is 9.43. The lowest BCUT2D eigenvalue weighted by molar-refractivity contribution is 0.112. The van der Waals surface area contributed by atoms with Gasteiger partial charge in [-0.3, -0.25) is 4.79 Å². The van der Waals surface area contributed by atoms with E-state index in [1.165, 1.54) is 43.7 Å². The number of rotatable bonds is 11. The van der Waals surface area contributed by atoms with Crippen molar-refractivity contribution in [3.63, 3.8) is 0 Å². The number of aliphatic hydroxyl groups excluding tert-OH is 1. The Morgan fingerprint density at radius 1 is 0.721 bits per heavy atom. The van der Waals surface area contributed by atoms with Gasteiger partial charge in [0.1, 0.15) is 17.6 Å². The summed E-state index contributed by atoms with van der Waals surface area (Å²) in [6, 6.07) is 50.9. The van der Waals surface area contributed by atoms with Crippen molar-refractivity contribution in [2.24, 2.45) is 0 Å². The van der Waals surface area contributed by atoms with E-state index in [1.807, 2.05) is 30.3 Å². The molecular formula is C55H46N2O4. The molecule has 0 aliphatic carbocycles. The zero-order chi connectivity index (χ0) is 41.3. The fourth-order valence-electron chi connectivity index (χ4n) is 9.43. The summed E-state index contributed by atoms with van der Waals surface area (Å²) in [5, 5.41) is 16.6. The largest absolute Gasteiger partial charge is 0.496 e. The molecule has 10 rings (SSSR count). The smallest absolute Gasteiger partial charge is 0.153 e. The predicted molar refractivity (Wildman–Crippen MR) is 247 cm³/mol. The molecule has 7 aromatic carbocycles. The van der Waals surface area contributed by atoms with E-state index < -0.39 is 6.10 Å².